The second-order valence-electron chi connectivity index (χ2n) is 5.37. The third-order valence-electron chi connectivity index (χ3n) is 4.10. The Morgan fingerprint density at radius 1 is 1.20 bits per heavy atom. The zero-order chi connectivity index (χ0) is 13.8. The van der Waals surface area contributed by atoms with Crippen LogP contribution in [0.4, 0.5) is 0 Å². The maximum Gasteiger partial charge on any atom is 0.170 e. The first-order valence-corrected chi connectivity index (χ1v) is 7.45. The summed E-state index contributed by atoms with van der Waals surface area (Å²) in [6.07, 6.45) is 5.12. The molecular formula is C15H21N5. The Balaban J connectivity index is 1.80. The van der Waals surface area contributed by atoms with Crippen molar-refractivity contribution in [1.29, 1.82) is 0 Å². The predicted molar refractivity (Wildman–Crippen MR) is 77.5 cm³/mol. The molecule has 5 heteroatoms. The van der Waals surface area contributed by atoms with Gasteiger partial charge >= 0.3 is 0 Å². The Labute approximate surface area is 119 Å². The lowest BCUT2D eigenvalue weighted by atomic mass is 10.0. The summed E-state index contributed by atoms with van der Waals surface area (Å²) in [5.74, 6) is 0.927. The van der Waals surface area contributed by atoms with Crippen molar-refractivity contribution in [2.75, 3.05) is 6.54 Å². The van der Waals surface area contributed by atoms with Gasteiger partial charge in [0.15, 0.2) is 5.82 Å². The third kappa shape index (κ3) is 2.72. The zero-order valence-electron chi connectivity index (χ0n) is 11.9. The average Bonchev–Trinajstić information content (AvgIpc) is 2.97. The summed E-state index contributed by atoms with van der Waals surface area (Å²) in [5, 5.41) is 12.2. The molecule has 0 saturated carbocycles. The lowest BCUT2D eigenvalue weighted by Crippen LogP contribution is -2.39. The van der Waals surface area contributed by atoms with Crippen molar-refractivity contribution in [2.24, 2.45) is 0 Å². The van der Waals surface area contributed by atoms with Crippen LogP contribution in [0.1, 0.15) is 38.4 Å². The molecular weight excluding hydrogens is 250 g/mol. The van der Waals surface area contributed by atoms with Gasteiger partial charge in [-0.15, -0.1) is 5.10 Å². The van der Waals surface area contributed by atoms with Crippen molar-refractivity contribution in [2.45, 2.75) is 45.2 Å². The number of benzene rings is 1. The number of hydrogen-bond acceptors (Lipinski definition) is 4. The van der Waals surface area contributed by atoms with Crippen LogP contribution in [0, 0.1) is 0 Å². The van der Waals surface area contributed by atoms with Crippen molar-refractivity contribution in [3.8, 4) is 5.69 Å². The normalized spacial score (nSPS) is 20.1. The van der Waals surface area contributed by atoms with Gasteiger partial charge in [-0.2, -0.15) is 4.68 Å². The fourth-order valence-corrected chi connectivity index (χ4v) is 2.99. The van der Waals surface area contributed by atoms with Gasteiger partial charge in [0.1, 0.15) is 0 Å². The summed E-state index contributed by atoms with van der Waals surface area (Å²) >= 11 is 0. The highest BCUT2D eigenvalue weighted by Crippen LogP contribution is 2.21. The van der Waals surface area contributed by atoms with Crippen LogP contribution in [0.15, 0.2) is 30.3 Å². The summed E-state index contributed by atoms with van der Waals surface area (Å²) in [5.41, 5.74) is 1.03. The van der Waals surface area contributed by atoms with Gasteiger partial charge in [-0.25, -0.2) is 0 Å². The van der Waals surface area contributed by atoms with Crippen molar-refractivity contribution >= 4 is 0 Å². The van der Waals surface area contributed by atoms with Crippen molar-refractivity contribution < 1.29 is 0 Å². The minimum Gasteiger partial charge on any atom is -0.293 e. The Bertz CT molecular complexity index is 536. The molecule has 1 aromatic carbocycles. The molecule has 1 aliphatic heterocycles. The van der Waals surface area contributed by atoms with E-state index in [9.17, 15) is 0 Å². The highest BCUT2D eigenvalue weighted by molar-refractivity contribution is 5.30. The van der Waals surface area contributed by atoms with Crippen molar-refractivity contribution in [1.82, 2.24) is 25.1 Å². The first-order valence-electron chi connectivity index (χ1n) is 7.45. The number of rotatable bonds is 4. The molecule has 1 atom stereocenters. The first kappa shape index (κ1) is 13.2. The zero-order valence-corrected chi connectivity index (χ0v) is 11.9. The van der Waals surface area contributed by atoms with E-state index < -0.39 is 0 Å². The molecule has 0 spiro atoms. The number of nitrogens with zero attached hydrogens (tertiary/aromatic N) is 5. The molecule has 1 aromatic heterocycles. The van der Waals surface area contributed by atoms with Crippen LogP contribution in [0.25, 0.3) is 5.69 Å². The molecule has 0 amide bonds. The number of hydrogen-bond donors (Lipinski definition) is 0. The summed E-state index contributed by atoms with van der Waals surface area (Å²) < 4.78 is 1.85. The minimum absolute atomic E-state index is 0.671. The molecule has 5 nitrogen and oxygen atoms in total. The number of likely N-dealkylation sites (tertiary alicyclic amines) is 1. The minimum atomic E-state index is 0.671. The summed E-state index contributed by atoms with van der Waals surface area (Å²) in [6.45, 7) is 4.25. The van der Waals surface area contributed by atoms with Crippen LogP contribution in [-0.4, -0.2) is 37.7 Å². The first-order chi connectivity index (χ1) is 9.88. The van der Waals surface area contributed by atoms with Gasteiger partial charge < -0.3 is 0 Å². The van der Waals surface area contributed by atoms with Crippen molar-refractivity contribution in [3.63, 3.8) is 0 Å². The van der Waals surface area contributed by atoms with Gasteiger partial charge in [0.05, 0.1) is 12.2 Å². The van der Waals surface area contributed by atoms with E-state index in [4.69, 9.17) is 0 Å². The van der Waals surface area contributed by atoms with E-state index in [2.05, 4.69) is 27.3 Å². The molecule has 0 N–H and O–H groups in total. The third-order valence-corrected chi connectivity index (χ3v) is 4.10. The monoisotopic (exact) mass is 271 g/mol. The molecule has 2 heterocycles. The molecule has 106 valence electrons. The molecule has 1 saturated heterocycles. The number of piperidine rings is 1. The lowest BCUT2D eigenvalue weighted by molar-refractivity contribution is 0.131. The molecule has 1 unspecified atom stereocenters. The average molecular weight is 271 g/mol. The number of para-hydroxylation sites is 1. The van der Waals surface area contributed by atoms with Crippen LogP contribution in [-0.2, 0) is 6.54 Å². The Morgan fingerprint density at radius 2 is 2.05 bits per heavy atom. The summed E-state index contributed by atoms with van der Waals surface area (Å²) in [6, 6.07) is 10.8. The Kier molecular flexibility index (Phi) is 4.06. The van der Waals surface area contributed by atoms with Gasteiger partial charge in [-0.1, -0.05) is 31.5 Å². The number of tetrazole rings is 1. The van der Waals surface area contributed by atoms with Crippen LogP contribution in [0.5, 0.6) is 0 Å². The van der Waals surface area contributed by atoms with Gasteiger partial charge in [0, 0.05) is 6.04 Å². The number of aromatic nitrogens is 4. The van der Waals surface area contributed by atoms with E-state index in [0.29, 0.717) is 6.04 Å². The summed E-state index contributed by atoms with van der Waals surface area (Å²) in [4.78, 5) is 2.52. The van der Waals surface area contributed by atoms with E-state index >= 15 is 0 Å². The van der Waals surface area contributed by atoms with Gasteiger partial charge in [-0.3, -0.25) is 4.90 Å². The maximum absolute atomic E-state index is 4.22. The topological polar surface area (TPSA) is 46.8 Å². The van der Waals surface area contributed by atoms with Crippen molar-refractivity contribution in [3.05, 3.63) is 36.2 Å². The molecule has 2 aromatic rings. The van der Waals surface area contributed by atoms with E-state index in [1.54, 1.807) is 0 Å². The smallest absolute Gasteiger partial charge is 0.170 e. The van der Waals surface area contributed by atoms with E-state index in [-0.39, 0.29) is 0 Å². The van der Waals surface area contributed by atoms with E-state index in [0.717, 1.165) is 24.6 Å². The van der Waals surface area contributed by atoms with Crippen LogP contribution < -0.4 is 0 Å². The van der Waals surface area contributed by atoms with E-state index in [1.165, 1.54) is 25.7 Å². The molecule has 0 radical (unpaired) electrons. The van der Waals surface area contributed by atoms with Crippen LogP contribution >= 0.6 is 0 Å². The Morgan fingerprint density at radius 3 is 2.85 bits per heavy atom. The molecule has 0 bridgehead atoms. The van der Waals surface area contributed by atoms with E-state index in [1.807, 2.05) is 35.0 Å². The molecule has 20 heavy (non-hydrogen) atoms. The molecule has 3 rings (SSSR count). The fourth-order valence-electron chi connectivity index (χ4n) is 2.99. The molecule has 1 aliphatic rings. The highest BCUT2D eigenvalue weighted by Gasteiger charge is 2.23. The Hall–Kier alpha value is -1.75. The molecule has 0 aliphatic carbocycles. The quantitative estimate of drug-likeness (QED) is 0.857. The standard InChI is InChI=1S/C15H21N5/c1-2-13-8-6-7-11-19(13)12-15-16-17-18-20(15)14-9-4-3-5-10-14/h3-5,9-10,13H,2,6-8,11-12H2,1H3. The lowest BCUT2D eigenvalue weighted by Gasteiger charge is -2.34. The predicted octanol–water partition coefficient (Wildman–Crippen LogP) is 2.43. The van der Waals surface area contributed by atoms with Gasteiger partial charge in [0.2, 0.25) is 0 Å². The maximum atomic E-state index is 4.22. The fraction of sp³-hybridized carbons (Fsp3) is 0.533. The van der Waals surface area contributed by atoms with Crippen LogP contribution in [0.2, 0.25) is 0 Å². The molecule has 1 fully saturated rings. The highest BCUT2D eigenvalue weighted by atomic mass is 15.5. The SMILES string of the molecule is CCC1CCCCN1Cc1nnnn1-c1ccccc1. The van der Waals surface area contributed by atoms with Gasteiger partial charge in [0.25, 0.3) is 0 Å². The second kappa shape index (κ2) is 6.13. The second-order valence-corrected chi connectivity index (χ2v) is 5.37. The summed E-state index contributed by atoms with van der Waals surface area (Å²) in [7, 11) is 0. The van der Waals surface area contributed by atoms with Gasteiger partial charge in [-0.05, 0) is 48.4 Å². The van der Waals surface area contributed by atoms with Crippen LogP contribution in [0.3, 0.4) is 0 Å². The largest absolute Gasteiger partial charge is 0.293 e.